The summed E-state index contributed by atoms with van der Waals surface area (Å²) in [4.78, 5) is 14.5. The molecule has 1 aliphatic heterocycles. The lowest BCUT2D eigenvalue weighted by atomic mass is 10.00. The topological polar surface area (TPSA) is 32.3 Å². The lowest BCUT2D eigenvalue weighted by Gasteiger charge is -2.35. The first kappa shape index (κ1) is 15.0. The molecule has 1 aliphatic rings. The third-order valence-corrected chi connectivity index (χ3v) is 4.15. The van der Waals surface area contributed by atoms with Crippen LogP contribution >= 0.6 is 0 Å². The smallest absolute Gasteiger partial charge is 0.225 e. The molecule has 0 bridgehead atoms. The van der Waals surface area contributed by atoms with Crippen LogP contribution in [0.1, 0.15) is 44.6 Å². The number of hydrogen-bond donors (Lipinski definition) is 1. The van der Waals surface area contributed by atoms with Crippen LogP contribution in [0.15, 0.2) is 24.3 Å². The zero-order chi connectivity index (χ0) is 14.4. The number of hydrogen-bond acceptors (Lipinski definition) is 2. The van der Waals surface area contributed by atoms with Crippen LogP contribution in [-0.2, 0) is 4.79 Å². The van der Waals surface area contributed by atoms with Gasteiger partial charge in [0.05, 0.1) is 0 Å². The van der Waals surface area contributed by atoms with Crippen LogP contribution in [0.2, 0.25) is 0 Å². The molecule has 20 heavy (non-hydrogen) atoms. The Labute approximate surface area is 122 Å². The van der Waals surface area contributed by atoms with Gasteiger partial charge in [0, 0.05) is 24.7 Å². The van der Waals surface area contributed by atoms with Crippen molar-refractivity contribution in [1.29, 1.82) is 0 Å². The van der Waals surface area contributed by atoms with Gasteiger partial charge < -0.3 is 5.32 Å². The monoisotopic (exact) mass is 274 g/mol. The molecule has 1 aromatic rings. The Kier molecular flexibility index (Phi) is 5.60. The first-order chi connectivity index (χ1) is 9.69. The molecule has 1 atom stereocenters. The van der Waals surface area contributed by atoms with Crippen molar-refractivity contribution in [2.75, 3.05) is 18.4 Å². The fraction of sp³-hybridized carbons (Fsp3) is 0.588. The maximum atomic E-state index is 12.0. The van der Waals surface area contributed by atoms with Gasteiger partial charge in [-0.25, -0.2) is 0 Å². The highest BCUT2D eigenvalue weighted by Crippen LogP contribution is 2.19. The Balaban J connectivity index is 1.79. The molecule has 3 heteroatoms. The van der Waals surface area contributed by atoms with Gasteiger partial charge >= 0.3 is 0 Å². The quantitative estimate of drug-likeness (QED) is 0.890. The fourth-order valence-corrected chi connectivity index (χ4v) is 3.01. The molecule has 3 nitrogen and oxygen atoms in total. The molecule has 1 saturated heterocycles. The summed E-state index contributed by atoms with van der Waals surface area (Å²) in [5.41, 5.74) is 2.07. The maximum absolute atomic E-state index is 12.0. The molecule has 1 unspecified atom stereocenters. The molecule has 1 aromatic carbocycles. The summed E-state index contributed by atoms with van der Waals surface area (Å²) in [7, 11) is 0. The van der Waals surface area contributed by atoms with Crippen LogP contribution in [0.3, 0.4) is 0 Å². The number of amides is 1. The molecule has 110 valence electrons. The van der Waals surface area contributed by atoms with Gasteiger partial charge in [-0.2, -0.15) is 0 Å². The molecule has 1 fully saturated rings. The maximum Gasteiger partial charge on any atom is 0.225 e. The first-order valence-electron chi connectivity index (χ1n) is 7.79. The standard InChI is InChI=1S/C17H26N2O/c1-3-16-9-4-5-11-19(16)12-10-17(20)18-15-8-6-7-14(2)13-15/h6-8,13,16H,3-5,9-12H2,1-2H3,(H,18,20). The van der Waals surface area contributed by atoms with Crippen molar-refractivity contribution in [1.82, 2.24) is 4.90 Å². The second kappa shape index (κ2) is 7.44. The third-order valence-electron chi connectivity index (χ3n) is 4.15. The van der Waals surface area contributed by atoms with Crippen molar-refractivity contribution in [3.63, 3.8) is 0 Å². The zero-order valence-corrected chi connectivity index (χ0v) is 12.7. The van der Waals surface area contributed by atoms with Crippen molar-refractivity contribution >= 4 is 11.6 Å². The van der Waals surface area contributed by atoms with E-state index in [2.05, 4.69) is 17.1 Å². The van der Waals surface area contributed by atoms with Gasteiger partial charge in [0.1, 0.15) is 0 Å². The van der Waals surface area contributed by atoms with E-state index in [-0.39, 0.29) is 5.91 Å². The van der Waals surface area contributed by atoms with Crippen LogP contribution in [0.5, 0.6) is 0 Å². The van der Waals surface area contributed by atoms with E-state index in [1.54, 1.807) is 0 Å². The van der Waals surface area contributed by atoms with Crippen LogP contribution in [0, 0.1) is 6.92 Å². The number of carbonyl (C=O) groups is 1. The highest BCUT2D eigenvalue weighted by molar-refractivity contribution is 5.90. The summed E-state index contributed by atoms with van der Waals surface area (Å²) in [6.07, 6.45) is 5.68. The summed E-state index contributed by atoms with van der Waals surface area (Å²) in [6.45, 7) is 6.32. The summed E-state index contributed by atoms with van der Waals surface area (Å²) in [5, 5.41) is 2.99. The van der Waals surface area contributed by atoms with Crippen molar-refractivity contribution in [2.45, 2.75) is 52.0 Å². The van der Waals surface area contributed by atoms with Gasteiger partial charge in [-0.3, -0.25) is 9.69 Å². The van der Waals surface area contributed by atoms with E-state index in [9.17, 15) is 4.79 Å². The Morgan fingerprint density at radius 2 is 2.25 bits per heavy atom. The van der Waals surface area contributed by atoms with Crippen LogP contribution < -0.4 is 5.32 Å². The number of nitrogens with zero attached hydrogens (tertiary/aromatic N) is 1. The third kappa shape index (κ3) is 4.34. The van der Waals surface area contributed by atoms with Crippen molar-refractivity contribution in [3.8, 4) is 0 Å². The van der Waals surface area contributed by atoms with E-state index < -0.39 is 0 Å². The summed E-state index contributed by atoms with van der Waals surface area (Å²) in [6, 6.07) is 8.64. The number of likely N-dealkylation sites (tertiary alicyclic amines) is 1. The first-order valence-corrected chi connectivity index (χ1v) is 7.79. The zero-order valence-electron chi connectivity index (χ0n) is 12.7. The summed E-state index contributed by atoms with van der Waals surface area (Å²) in [5.74, 6) is 0.121. The Morgan fingerprint density at radius 3 is 3.00 bits per heavy atom. The van der Waals surface area contributed by atoms with E-state index in [4.69, 9.17) is 0 Å². The van der Waals surface area contributed by atoms with Gasteiger partial charge in [-0.15, -0.1) is 0 Å². The molecule has 1 N–H and O–H groups in total. The number of benzene rings is 1. The minimum Gasteiger partial charge on any atom is -0.326 e. The van der Waals surface area contributed by atoms with Gasteiger partial charge in [0.15, 0.2) is 0 Å². The highest BCUT2D eigenvalue weighted by Gasteiger charge is 2.20. The SMILES string of the molecule is CCC1CCCCN1CCC(=O)Nc1cccc(C)c1. The van der Waals surface area contributed by atoms with E-state index in [1.807, 2.05) is 31.2 Å². The van der Waals surface area contributed by atoms with Crippen LogP contribution in [0.25, 0.3) is 0 Å². The van der Waals surface area contributed by atoms with E-state index in [0.717, 1.165) is 18.8 Å². The lowest BCUT2D eigenvalue weighted by molar-refractivity contribution is -0.116. The van der Waals surface area contributed by atoms with Crippen molar-refractivity contribution in [2.24, 2.45) is 0 Å². The van der Waals surface area contributed by atoms with Crippen molar-refractivity contribution < 1.29 is 4.79 Å². The number of nitrogens with one attached hydrogen (secondary N) is 1. The average molecular weight is 274 g/mol. The molecular weight excluding hydrogens is 248 g/mol. The Morgan fingerprint density at radius 1 is 1.40 bits per heavy atom. The van der Waals surface area contributed by atoms with Crippen LogP contribution in [0.4, 0.5) is 5.69 Å². The number of carbonyl (C=O) groups excluding carboxylic acids is 1. The minimum absolute atomic E-state index is 0.121. The molecule has 0 aromatic heterocycles. The largest absolute Gasteiger partial charge is 0.326 e. The predicted octanol–water partition coefficient (Wildman–Crippen LogP) is 3.59. The number of rotatable bonds is 5. The van der Waals surface area contributed by atoms with Gasteiger partial charge in [0.2, 0.25) is 5.91 Å². The summed E-state index contributed by atoms with van der Waals surface area (Å²) >= 11 is 0. The Bertz CT molecular complexity index is 444. The Hall–Kier alpha value is -1.35. The van der Waals surface area contributed by atoms with Gasteiger partial charge in [0.25, 0.3) is 0 Å². The van der Waals surface area contributed by atoms with Gasteiger partial charge in [-0.1, -0.05) is 25.5 Å². The molecule has 0 radical (unpaired) electrons. The second-order valence-electron chi connectivity index (χ2n) is 5.76. The average Bonchev–Trinajstić information content (AvgIpc) is 2.45. The molecule has 0 spiro atoms. The van der Waals surface area contributed by atoms with Crippen molar-refractivity contribution in [3.05, 3.63) is 29.8 Å². The highest BCUT2D eigenvalue weighted by atomic mass is 16.1. The molecule has 1 heterocycles. The lowest BCUT2D eigenvalue weighted by Crippen LogP contribution is -2.40. The molecule has 2 rings (SSSR count). The van der Waals surface area contributed by atoms with E-state index in [0.29, 0.717) is 12.5 Å². The predicted molar refractivity (Wildman–Crippen MR) is 83.9 cm³/mol. The molecular formula is C17H26N2O. The summed E-state index contributed by atoms with van der Waals surface area (Å²) < 4.78 is 0. The minimum atomic E-state index is 0.121. The van der Waals surface area contributed by atoms with Crippen LogP contribution in [-0.4, -0.2) is 29.9 Å². The van der Waals surface area contributed by atoms with E-state index in [1.165, 1.54) is 31.2 Å². The number of piperidine rings is 1. The normalized spacial score (nSPS) is 19.8. The fourth-order valence-electron chi connectivity index (χ4n) is 3.01. The number of anilines is 1. The molecule has 0 aliphatic carbocycles. The molecule has 1 amide bonds. The van der Waals surface area contributed by atoms with E-state index >= 15 is 0 Å². The van der Waals surface area contributed by atoms with Gasteiger partial charge in [-0.05, 0) is 50.4 Å². The number of aryl methyl sites for hydroxylation is 1. The molecule has 0 saturated carbocycles. The second-order valence-corrected chi connectivity index (χ2v) is 5.76.